The number of nitro benzene ring substituents is 1. The summed E-state index contributed by atoms with van der Waals surface area (Å²) in [5.74, 6) is 0. The number of nitrogens with one attached hydrogen (secondary N) is 1. The van der Waals surface area contributed by atoms with Gasteiger partial charge in [-0.15, -0.1) is 0 Å². The molecule has 7 nitrogen and oxygen atoms in total. The molecule has 0 aromatic heterocycles. The van der Waals surface area contributed by atoms with Gasteiger partial charge in [-0.1, -0.05) is 18.2 Å². The predicted octanol–water partition coefficient (Wildman–Crippen LogP) is 2.25. The van der Waals surface area contributed by atoms with E-state index < -0.39 is 20.4 Å². The Balaban J connectivity index is 2.35. The molecule has 0 aliphatic rings. The lowest BCUT2D eigenvalue weighted by atomic mass is 10.2. The van der Waals surface area contributed by atoms with Crippen molar-refractivity contribution in [3.8, 4) is 0 Å². The van der Waals surface area contributed by atoms with Gasteiger partial charge in [0, 0.05) is 17.8 Å². The highest BCUT2D eigenvalue weighted by Gasteiger charge is 2.19. The van der Waals surface area contributed by atoms with Crippen molar-refractivity contribution >= 4 is 21.5 Å². The molecule has 21 heavy (non-hydrogen) atoms. The first-order valence-electron chi connectivity index (χ1n) is 5.88. The summed E-state index contributed by atoms with van der Waals surface area (Å²) < 4.78 is 34.2. The molecule has 1 unspecified atom stereocenters. The molecule has 110 valence electrons. The first-order valence-corrected chi connectivity index (χ1v) is 7.36. The van der Waals surface area contributed by atoms with Crippen LogP contribution in [0.4, 0.5) is 11.4 Å². The van der Waals surface area contributed by atoms with Crippen molar-refractivity contribution in [2.75, 3.05) is 5.32 Å². The topological polar surface area (TPSA) is 112 Å². The fourth-order valence-electron chi connectivity index (χ4n) is 1.78. The third-order valence-corrected chi connectivity index (χ3v) is 3.73. The fraction of sp³-hybridized carbons (Fsp3) is 0.0769. The standard InChI is InChI=1S/C13H12N2O5S/c16-15(17)12-8-6-10(7-9-12)13(21(18,19)20)14-11-4-2-1-3-5-11/h1-9,13-14H,(H,18,19,20)/p-1. The number of hydrogen-bond donors (Lipinski definition) is 1. The van der Waals surface area contributed by atoms with Crippen LogP contribution >= 0.6 is 0 Å². The van der Waals surface area contributed by atoms with E-state index in [1.807, 2.05) is 0 Å². The Hall–Kier alpha value is -2.45. The molecular formula is C13H11N2O5S-. The molecule has 0 fully saturated rings. The molecule has 0 aliphatic heterocycles. The molecule has 0 amide bonds. The van der Waals surface area contributed by atoms with Crippen LogP contribution in [-0.4, -0.2) is 17.9 Å². The Kier molecular flexibility index (Phi) is 4.20. The van der Waals surface area contributed by atoms with Crippen LogP contribution in [0, 0.1) is 10.1 Å². The van der Waals surface area contributed by atoms with Gasteiger partial charge < -0.3 is 9.87 Å². The van der Waals surface area contributed by atoms with Crippen molar-refractivity contribution in [1.29, 1.82) is 0 Å². The maximum atomic E-state index is 11.4. The molecule has 0 heterocycles. The smallest absolute Gasteiger partial charge is 0.269 e. The van der Waals surface area contributed by atoms with Crippen LogP contribution in [0.1, 0.15) is 10.9 Å². The van der Waals surface area contributed by atoms with Gasteiger partial charge in [-0.3, -0.25) is 10.1 Å². The average molecular weight is 307 g/mol. The van der Waals surface area contributed by atoms with Gasteiger partial charge >= 0.3 is 0 Å². The van der Waals surface area contributed by atoms with E-state index in [4.69, 9.17) is 0 Å². The molecule has 2 rings (SSSR count). The molecule has 2 aromatic rings. The zero-order valence-electron chi connectivity index (χ0n) is 10.7. The minimum Gasteiger partial charge on any atom is -0.746 e. The molecule has 0 aliphatic carbocycles. The Morgan fingerprint density at radius 3 is 2.05 bits per heavy atom. The Morgan fingerprint density at radius 2 is 1.57 bits per heavy atom. The summed E-state index contributed by atoms with van der Waals surface area (Å²) in [6, 6.07) is 13.1. The van der Waals surface area contributed by atoms with Gasteiger partial charge in [-0.25, -0.2) is 8.42 Å². The first-order chi connectivity index (χ1) is 9.88. The van der Waals surface area contributed by atoms with Crippen molar-refractivity contribution in [3.05, 3.63) is 70.3 Å². The highest BCUT2D eigenvalue weighted by Crippen LogP contribution is 2.25. The fourth-order valence-corrected chi connectivity index (χ4v) is 2.55. The lowest BCUT2D eigenvalue weighted by Crippen LogP contribution is -2.20. The van der Waals surface area contributed by atoms with Crippen molar-refractivity contribution in [2.45, 2.75) is 5.37 Å². The quantitative estimate of drug-likeness (QED) is 0.515. The molecule has 0 bridgehead atoms. The van der Waals surface area contributed by atoms with E-state index in [-0.39, 0.29) is 11.3 Å². The van der Waals surface area contributed by atoms with E-state index in [2.05, 4.69) is 5.32 Å². The van der Waals surface area contributed by atoms with Crippen LogP contribution in [-0.2, 0) is 10.1 Å². The maximum Gasteiger partial charge on any atom is 0.269 e. The average Bonchev–Trinajstić information content (AvgIpc) is 2.45. The zero-order chi connectivity index (χ0) is 15.5. The molecule has 1 N–H and O–H groups in total. The summed E-state index contributed by atoms with van der Waals surface area (Å²) in [7, 11) is -4.68. The molecule has 0 radical (unpaired) electrons. The Bertz CT molecular complexity index is 729. The van der Waals surface area contributed by atoms with Crippen LogP contribution in [0.5, 0.6) is 0 Å². The van der Waals surface area contributed by atoms with E-state index in [0.717, 1.165) is 12.1 Å². The number of hydrogen-bond acceptors (Lipinski definition) is 6. The van der Waals surface area contributed by atoms with Crippen molar-refractivity contribution in [2.24, 2.45) is 0 Å². The summed E-state index contributed by atoms with van der Waals surface area (Å²) in [5, 5.41) is 11.7. The molecule has 0 spiro atoms. The van der Waals surface area contributed by atoms with Gasteiger partial charge in [0.15, 0.2) is 0 Å². The molecule has 1 atom stereocenters. The normalized spacial score (nSPS) is 12.6. The second-order valence-corrected chi connectivity index (χ2v) is 5.69. The van der Waals surface area contributed by atoms with Crippen LogP contribution in [0.3, 0.4) is 0 Å². The van der Waals surface area contributed by atoms with Crippen molar-refractivity contribution in [3.63, 3.8) is 0 Å². The zero-order valence-corrected chi connectivity index (χ0v) is 11.5. The van der Waals surface area contributed by atoms with Gasteiger partial charge in [0.1, 0.15) is 15.5 Å². The van der Waals surface area contributed by atoms with Crippen LogP contribution in [0.25, 0.3) is 0 Å². The highest BCUT2D eigenvalue weighted by atomic mass is 32.2. The molecule has 0 saturated carbocycles. The summed E-state index contributed by atoms with van der Waals surface area (Å²) in [5.41, 5.74) is 0.417. The molecule has 8 heteroatoms. The van der Waals surface area contributed by atoms with Crippen molar-refractivity contribution in [1.82, 2.24) is 0 Å². The summed E-state index contributed by atoms with van der Waals surface area (Å²) in [6.07, 6.45) is 0. The summed E-state index contributed by atoms with van der Waals surface area (Å²) >= 11 is 0. The van der Waals surface area contributed by atoms with Gasteiger partial charge in [-0.05, 0) is 29.8 Å². The lowest BCUT2D eigenvalue weighted by Gasteiger charge is -2.23. The van der Waals surface area contributed by atoms with Gasteiger partial charge in [0.2, 0.25) is 0 Å². The van der Waals surface area contributed by atoms with E-state index in [9.17, 15) is 23.1 Å². The van der Waals surface area contributed by atoms with Crippen molar-refractivity contribution < 1.29 is 17.9 Å². The van der Waals surface area contributed by atoms with Gasteiger partial charge in [0.05, 0.1) is 4.92 Å². The molecular weight excluding hydrogens is 296 g/mol. The SMILES string of the molecule is O=[N+]([O-])c1ccc(C(Nc2ccccc2)S(=O)(=O)[O-])cc1. The predicted molar refractivity (Wildman–Crippen MR) is 75.6 cm³/mol. The monoisotopic (exact) mass is 307 g/mol. The van der Waals surface area contributed by atoms with E-state index in [1.165, 1.54) is 12.1 Å². The van der Waals surface area contributed by atoms with Gasteiger partial charge in [0.25, 0.3) is 5.69 Å². The summed E-state index contributed by atoms with van der Waals surface area (Å²) in [6.45, 7) is 0. The van der Waals surface area contributed by atoms with E-state index in [1.54, 1.807) is 30.3 Å². The Labute approximate surface area is 121 Å². The second-order valence-electron chi connectivity index (χ2n) is 4.23. The number of non-ortho nitro benzene ring substituents is 1. The largest absolute Gasteiger partial charge is 0.746 e. The number of nitrogens with zero attached hydrogens (tertiary/aromatic N) is 1. The Morgan fingerprint density at radius 1 is 1.00 bits per heavy atom. The number of benzene rings is 2. The van der Waals surface area contributed by atoms with Crippen LogP contribution in [0.2, 0.25) is 0 Å². The van der Waals surface area contributed by atoms with Gasteiger partial charge in [-0.2, -0.15) is 0 Å². The third kappa shape index (κ3) is 3.77. The number of rotatable bonds is 5. The third-order valence-electron chi connectivity index (χ3n) is 2.77. The highest BCUT2D eigenvalue weighted by molar-refractivity contribution is 7.86. The molecule has 2 aromatic carbocycles. The summed E-state index contributed by atoms with van der Waals surface area (Å²) in [4.78, 5) is 9.98. The minimum absolute atomic E-state index is 0.138. The second kappa shape index (κ2) is 5.90. The van der Waals surface area contributed by atoms with Crippen LogP contribution in [0.15, 0.2) is 54.6 Å². The number of anilines is 1. The van der Waals surface area contributed by atoms with Crippen LogP contribution < -0.4 is 5.32 Å². The minimum atomic E-state index is -4.68. The van der Waals surface area contributed by atoms with E-state index in [0.29, 0.717) is 5.69 Å². The maximum absolute atomic E-state index is 11.4. The number of nitro groups is 1. The lowest BCUT2D eigenvalue weighted by molar-refractivity contribution is -0.384. The van der Waals surface area contributed by atoms with E-state index >= 15 is 0 Å². The number of para-hydroxylation sites is 1. The molecule has 0 saturated heterocycles. The first kappa shape index (κ1) is 14.9.